The van der Waals surface area contributed by atoms with E-state index in [1.54, 1.807) is 0 Å². The van der Waals surface area contributed by atoms with Crippen molar-refractivity contribution >= 4 is 17.0 Å². The van der Waals surface area contributed by atoms with E-state index in [2.05, 4.69) is 60.9 Å². The summed E-state index contributed by atoms with van der Waals surface area (Å²) in [5.41, 5.74) is 2.28. The Morgan fingerprint density at radius 3 is 2.68 bits per heavy atom. The molecule has 1 aromatic carbocycles. The average Bonchev–Trinajstić information content (AvgIpc) is 2.67. The number of likely N-dealkylation sites (N-methyl/N-ethyl adjacent to an activating group) is 1. The van der Waals surface area contributed by atoms with Gasteiger partial charge in [0.1, 0.15) is 0 Å². The highest BCUT2D eigenvalue weighted by Crippen LogP contribution is 2.20. The molecule has 0 radical (unpaired) electrons. The third-order valence-corrected chi connectivity index (χ3v) is 3.04. The molecule has 1 heterocycles. The SMILES string of the molecule is CC(C)Cn1c(NCCN(C)C)nc2ccccc21. The third kappa shape index (κ3) is 3.47. The lowest BCUT2D eigenvalue weighted by Gasteiger charge is -2.14. The van der Waals surface area contributed by atoms with Gasteiger partial charge in [-0.2, -0.15) is 0 Å². The highest BCUT2D eigenvalue weighted by molar-refractivity contribution is 5.78. The molecule has 0 saturated carbocycles. The van der Waals surface area contributed by atoms with Crippen LogP contribution in [0.3, 0.4) is 0 Å². The van der Waals surface area contributed by atoms with Gasteiger partial charge in [-0.15, -0.1) is 0 Å². The summed E-state index contributed by atoms with van der Waals surface area (Å²) in [6, 6.07) is 8.33. The molecule has 1 aromatic heterocycles. The first-order valence-corrected chi connectivity index (χ1v) is 6.92. The van der Waals surface area contributed by atoms with Gasteiger partial charge in [0.2, 0.25) is 5.95 Å². The number of benzene rings is 1. The zero-order valence-electron chi connectivity index (χ0n) is 12.3. The summed E-state index contributed by atoms with van der Waals surface area (Å²) in [5, 5.41) is 3.45. The second-order valence-electron chi connectivity index (χ2n) is 5.66. The molecule has 0 saturated heterocycles. The Kier molecular flexibility index (Phi) is 4.43. The van der Waals surface area contributed by atoms with Gasteiger partial charge < -0.3 is 14.8 Å². The minimum Gasteiger partial charge on any atom is -0.354 e. The maximum Gasteiger partial charge on any atom is 0.203 e. The van der Waals surface area contributed by atoms with Gasteiger partial charge in [-0.25, -0.2) is 4.98 Å². The first kappa shape index (κ1) is 13.9. The highest BCUT2D eigenvalue weighted by Gasteiger charge is 2.10. The van der Waals surface area contributed by atoms with Crippen LogP contribution in [0.5, 0.6) is 0 Å². The van der Waals surface area contributed by atoms with E-state index in [1.165, 1.54) is 5.52 Å². The highest BCUT2D eigenvalue weighted by atomic mass is 15.2. The molecule has 0 amide bonds. The molecule has 0 unspecified atom stereocenters. The smallest absolute Gasteiger partial charge is 0.203 e. The summed E-state index contributed by atoms with van der Waals surface area (Å²) in [5.74, 6) is 1.59. The summed E-state index contributed by atoms with van der Waals surface area (Å²) in [6.45, 7) is 7.38. The number of imidazole rings is 1. The molecule has 0 aliphatic heterocycles. The van der Waals surface area contributed by atoms with Gasteiger partial charge in [-0.05, 0) is 32.1 Å². The van der Waals surface area contributed by atoms with Crippen molar-refractivity contribution in [2.75, 3.05) is 32.5 Å². The van der Waals surface area contributed by atoms with Gasteiger partial charge in [-0.1, -0.05) is 26.0 Å². The number of para-hydroxylation sites is 2. The molecule has 19 heavy (non-hydrogen) atoms. The van der Waals surface area contributed by atoms with E-state index in [9.17, 15) is 0 Å². The largest absolute Gasteiger partial charge is 0.354 e. The molecule has 0 atom stereocenters. The Morgan fingerprint density at radius 2 is 2.00 bits per heavy atom. The molecular formula is C15H24N4. The fourth-order valence-corrected chi connectivity index (χ4v) is 2.15. The molecule has 0 spiro atoms. The van der Waals surface area contributed by atoms with Crippen LogP contribution in [0.15, 0.2) is 24.3 Å². The monoisotopic (exact) mass is 260 g/mol. The summed E-state index contributed by atoms with van der Waals surface area (Å²) in [4.78, 5) is 6.86. The number of anilines is 1. The summed E-state index contributed by atoms with van der Waals surface area (Å²) >= 11 is 0. The van der Waals surface area contributed by atoms with Crippen LogP contribution in [0, 0.1) is 5.92 Å². The van der Waals surface area contributed by atoms with Gasteiger partial charge in [0.25, 0.3) is 0 Å². The van der Waals surface area contributed by atoms with E-state index in [1.807, 2.05) is 6.07 Å². The summed E-state index contributed by atoms with van der Waals surface area (Å²) in [6.07, 6.45) is 0. The van der Waals surface area contributed by atoms with E-state index in [4.69, 9.17) is 4.98 Å². The number of nitrogens with zero attached hydrogens (tertiary/aromatic N) is 3. The van der Waals surface area contributed by atoms with Crippen molar-refractivity contribution in [1.29, 1.82) is 0 Å². The van der Waals surface area contributed by atoms with Crippen LogP contribution in [0.1, 0.15) is 13.8 Å². The van der Waals surface area contributed by atoms with E-state index < -0.39 is 0 Å². The zero-order valence-corrected chi connectivity index (χ0v) is 12.3. The first-order valence-electron chi connectivity index (χ1n) is 6.92. The minimum atomic E-state index is 0.604. The number of fused-ring (bicyclic) bond motifs is 1. The molecule has 0 aliphatic rings. The fourth-order valence-electron chi connectivity index (χ4n) is 2.15. The van der Waals surface area contributed by atoms with E-state index >= 15 is 0 Å². The topological polar surface area (TPSA) is 33.1 Å². The Bertz CT molecular complexity index is 528. The molecule has 0 aliphatic carbocycles. The number of hydrogen-bond acceptors (Lipinski definition) is 3. The predicted molar refractivity (Wildman–Crippen MR) is 81.6 cm³/mol. The van der Waals surface area contributed by atoms with Crippen molar-refractivity contribution in [3.05, 3.63) is 24.3 Å². The van der Waals surface area contributed by atoms with Gasteiger partial charge in [0.05, 0.1) is 11.0 Å². The van der Waals surface area contributed by atoms with Crippen molar-refractivity contribution in [3.8, 4) is 0 Å². The molecule has 2 rings (SSSR count). The molecule has 2 aromatic rings. The van der Waals surface area contributed by atoms with Crippen LogP contribution in [0.25, 0.3) is 11.0 Å². The van der Waals surface area contributed by atoms with Gasteiger partial charge in [0.15, 0.2) is 0 Å². The lowest BCUT2D eigenvalue weighted by Crippen LogP contribution is -2.22. The number of aromatic nitrogens is 2. The first-order chi connectivity index (χ1) is 9.08. The van der Waals surface area contributed by atoms with Crippen LogP contribution >= 0.6 is 0 Å². The summed E-state index contributed by atoms with van der Waals surface area (Å²) in [7, 11) is 4.16. The molecule has 104 valence electrons. The Hall–Kier alpha value is -1.55. The molecule has 0 fully saturated rings. The van der Waals surface area contributed by atoms with E-state index in [-0.39, 0.29) is 0 Å². The molecular weight excluding hydrogens is 236 g/mol. The van der Waals surface area contributed by atoms with Gasteiger partial charge in [0, 0.05) is 19.6 Å². The van der Waals surface area contributed by atoms with Gasteiger partial charge >= 0.3 is 0 Å². The Balaban J connectivity index is 2.25. The predicted octanol–water partition coefficient (Wildman–Crippen LogP) is 2.67. The van der Waals surface area contributed by atoms with Crippen LogP contribution in [0.2, 0.25) is 0 Å². The van der Waals surface area contributed by atoms with Crippen LogP contribution in [-0.4, -0.2) is 41.6 Å². The molecule has 4 heteroatoms. The van der Waals surface area contributed by atoms with Crippen molar-refractivity contribution in [2.45, 2.75) is 20.4 Å². The van der Waals surface area contributed by atoms with Gasteiger partial charge in [-0.3, -0.25) is 0 Å². The Labute approximate surface area is 115 Å². The summed E-state index contributed by atoms with van der Waals surface area (Å²) < 4.78 is 2.29. The van der Waals surface area contributed by atoms with Crippen LogP contribution in [-0.2, 0) is 6.54 Å². The van der Waals surface area contributed by atoms with E-state index in [0.717, 1.165) is 31.1 Å². The molecule has 4 nitrogen and oxygen atoms in total. The van der Waals surface area contributed by atoms with Crippen molar-refractivity contribution in [3.63, 3.8) is 0 Å². The normalized spacial score (nSPS) is 11.7. The van der Waals surface area contributed by atoms with Crippen LogP contribution < -0.4 is 5.32 Å². The van der Waals surface area contributed by atoms with Crippen LogP contribution in [0.4, 0.5) is 5.95 Å². The fraction of sp³-hybridized carbons (Fsp3) is 0.533. The maximum absolute atomic E-state index is 4.70. The molecule has 0 bridgehead atoms. The lowest BCUT2D eigenvalue weighted by molar-refractivity contribution is 0.424. The number of rotatable bonds is 6. The number of nitrogens with one attached hydrogen (secondary N) is 1. The minimum absolute atomic E-state index is 0.604. The average molecular weight is 260 g/mol. The standard InChI is InChI=1S/C15H24N4/c1-12(2)11-19-14-8-6-5-7-13(14)17-15(19)16-9-10-18(3)4/h5-8,12H,9-11H2,1-4H3,(H,16,17). The Morgan fingerprint density at radius 1 is 1.26 bits per heavy atom. The lowest BCUT2D eigenvalue weighted by atomic mass is 10.2. The van der Waals surface area contributed by atoms with Crippen molar-refractivity contribution < 1.29 is 0 Å². The number of hydrogen-bond donors (Lipinski definition) is 1. The quantitative estimate of drug-likeness (QED) is 0.867. The molecule has 1 N–H and O–H groups in total. The maximum atomic E-state index is 4.70. The van der Waals surface area contributed by atoms with Crippen molar-refractivity contribution in [2.24, 2.45) is 5.92 Å². The van der Waals surface area contributed by atoms with Crippen molar-refractivity contribution in [1.82, 2.24) is 14.5 Å². The third-order valence-electron chi connectivity index (χ3n) is 3.04. The zero-order chi connectivity index (χ0) is 13.8. The second-order valence-corrected chi connectivity index (χ2v) is 5.66. The van der Waals surface area contributed by atoms with E-state index in [0.29, 0.717) is 5.92 Å². The second kappa shape index (κ2) is 6.06.